The van der Waals surface area contributed by atoms with Crippen molar-refractivity contribution < 1.29 is 9.59 Å². The van der Waals surface area contributed by atoms with Gasteiger partial charge in [-0.25, -0.2) is 0 Å². The quantitative estimate of drug-likeness (QED) is 0.527. The van der Waals surface area contributed by atoms with E-state index in [-0.39, 0.29) is 17.9 Å². The summed E-state index contributed by atoms with van der Waals surface area (Å²) in [6, 6.07) is 13.9. The van der Waals surface area contributed by atoms with E-state index in [4.69, 9.17) is 23.2 Å². The first-order valence-corrected chi connectivity index (χ1v) is 10.8. The fourth-order valence-electron chi connectivity index (χ4n) is 3.02. The average Bonchev–Trinajstić information content (AvgIpc) is 2.71. The standard InChI is InChI=1S/C22H20BrCl2N3O2/c1-12-11-26-20(28-21(29)16-5-3-4-6-17(16)25)19(23)18(12)22(30)27-13(2)14-7-9-15(24)10-8-14/h3-10,13,26H,11H2,1-2H3,(H,27,30)(H,28,29)/t13-/m1/s1. The Bertz CT molecular complexity index is 1050. The molecule has 8 heteroatoms. The Kier molecular flexibility index (Phi) is 7.23. The molecule has 30 heavy (non-hydrogen) atoms. The molecule has 5 nitrogen and oxygen atoms in total. The predicted octanol–water partition coefficient (Wildman–Crippen LogP) is 5.08. The molecule has 0 fully saturated rings. The van der Waals surface area contributed by atoms with E-state index in [1.807, 2.05) is 26.0 Å². The van der Waals surface area contributed by atoms with E-state index < -0.39 is 0 Å². The van der Waals surface area contributed by atoms with E-state index in [1.165, 1.54) is 0 Å². The molecule has 0 aliphatic carbocycles. The van der Waals surface area contributed by atoms with Gasteiger partial charge in [-0.2, -0.15) is 0 Å². The van der Waals surface area contributed by atoms with Crippen molar-refractivity contribution in [2.75, 3.05) is 6.54 Å². The molecule has 0 saturated heterocycles. The molecule has 2 amide bonds. The summed E-state index contributed by atoms with van der Waals surface area (Å²) in [7, 11) is 0. The maximum absolute atomic E-state index is 13.0. The minimum Gasteiger partial charge on any atom is -0.367 e. The Hall–Kier alpha value is -2.28. The SMILES string of the molecule is CC1=C(C(=O)N[C@H](C)c2ccc(Cl)cc2)C(Br)=C(NC(=O)c2ccccc2Cl)NC1. The number of carbonyl (C=O) groups is 2. The highest BCUT2D eigenvalue weighted by Crippen LogP contribution is 2.28. The largest absolute Gasteiger partial charge is 0.367 e. The zero-order valence-corrected chi connectivity index (χ0v) is 19.5. The zero-order valence-electron chi connectivity index (χ0n) is 16.4. The zero-order chi connectivity index (χ0) is 21.8. The van der Waals surface area contributed by atoms with Gasteiger partial charge in [-0.15, -0.1) is 0 Å². The van der Waals surface area contributed by atoms with E-state index in [0.717, 1.165) is 11.1 Å². The van der Waals surface area contributed by atoms with Crippen molar-refractivity contribution in [3.63, 3.8) is 0 Å². The lowest BCUT2D eigenvalue weighted by atomic mass is 10.0. The molecule has 0 bridgehead atoms. The first-order chi connectivity index (χ1) is 14.3. The van der Waals surface area contributed by atoms with E-state index in [1.54, 1.807) is 36.4 Å². The lowest BCUT2D eigenvalue weighted by Crippen LogP contribution is -2.39. The molecule has 1 atom stereocenters. The summed E-state index contributed by atoms with van der Waals surface area (Å²) in [5.74, 6) is -0.198. The minimum absolute atomic E-state index is 0.216. The number of hydrogen-bond donors (Lipinski definition) is 3. The van der Waals surface area contributed by atoms with Crippen LogP contribution in [0.25, 0.3) is 0 Å². The van der Waals surface area contributed by atoms with Crippen LogP contribution in [0.1, 0.15) is 35.8 Å². The number of amides is 2. The normalized spacial score (nSPS) is 14.8. The summed E-state index contributed by atoms with van der Waals surface area (Å²) >= 11 is 15.5. The Morgan fingerprint density at radius 3 is 2.40 bits per heavy atom. The molecule has 1 aliphatic heterocycles. The van der Waals surface area contributed by atoms with Gasteiger partial charge in [0.2, 0.25) is 0 Å². The van der Waals surface area contributed by atoms with Crippen LogP contribution in [0.3, 0.4) is 0 Å². The van der Waals surface area contributed by atoms with Gasteiger partial charge in [0.15, 0.2) is 0 Å². The first kappa shape index (κ1) is 22.4. The van der Waals surface area contributed by atoms with Crippen LogP contribution in [0.5, 0.6) is 0 Å². The van der Waals surface area contributed by atoms with E-state index in [9.17, 15) is 9.59 Å². The van der Waals surface area contributed by atoms with Gasteiger partial charge in [-0.05, 0) is 65.2 Å². The topological polar surface area (TPSA) is 70.2 Å². The lowest BCUT2D eigenvalue weighted by molar-refractivity contribution is -0.117. The van der Waals surface area contributed by atoms with Crippen molar-refractivity contribution in [3.8, 4) is 0 Å². The van der Waals surface area contributed by atoms with Crippen LogP contribution in [0.4, 0.5) is 0 Å². The van der Waals surface area contributed by atoms with Gasteiger partial charge >= 0.3 is 0 Å². The van der Waals surface area contributed by atoms with Crippen molar-refractivity contribution >= 4 is 50.9 Å². The summed E-state index contributed by atoms with van der Waals surface area (Å²) < 4.78 is 0.479. The van der Waals surface area contributed by atoms with Gasteiger partial charge in [0, 0.05) is 11.6 Å². The van der Waals surface area contributed by atoms with Gasteiger partial charge in [0.05, 0.1) is 26.7 Å². The van der Waals surface area contributed by atoms with Crippen LogP contribution < -0.4 is 16.0 Å². The molecule has 156 valence electrons. The molecule has 1 aliphatic rings. The van der Waals surface area contributed by atoms with E-state index >= 15 is 0 Å². The molecule has 2 aromatic carbocycles. The number of dihydropyridines is 1. The van der Waals surface area contributed by atoms with Gasteiger partial charge in [-0.1, -0.05) is 47.5 Å². The van der Waals surface area contributed by atoms with Crippen molar-refractivity contribution in [1.82, 2.24) is 16.0 Å². The van der Waals surface area contributed by atoms with Gasteiger partial charge < -0.3 is 16.0 Å². The summed E-state index contributed by atoms with van der Waals surface area (Å²) in [4.78, 5) is 25.6. The minimum atomic E-state index is -0.367. The summed E-state index contributed by atoms with van der Waals surface area (Å²) in [5, 5.41) is 9.90. The highest BCUT2D eigenvalue weighted by Gasteiger charge is 2.26. The van der Waals surface area contributed by atoms with Crippen LogP contribution in [-0.2, 0) is 4.79 Å². The second-order valence-corrected chi connectivity index (χ2v) is 8.52. The Morgan fingerprint density at radius 2 is 1.73 bits per heavy atom. The molecule has 1 heterocycles. The maximum atomic E-state index is 13.0. The number of benzene rings is 2. The van der Waals surface area contributed by atoms with Crippen LogP contribution >= 0.6 is 39.1 Å². The average molecular weight is 509 g/mol. The monoisotopic (exact) mass is 507 g/mol. The number of hydrogen-bond acceptors (Lipinski definition) is 3. The number of rotatable bonds is 5. The highest BCUT2D eigenvalue weighted by atomic mass is 79.9. The van der Waals surface area contributed by atoms with Crippen molar-refractivity contribution in [3.05, 3.63) is 91.2 Å². The number of carbonyl (C=O) groups excluding carboxylic acids is 2. The Morgan fingerprint density at radius 1 is 1.07 bits per heavy atom. The molecule has 0 spiro atoms. The molecular weight excluding hydrogens is 489 g/mol. The number of halogens is 3. The fraction of sp³-hybridized carbons (Fsp3) is 0.182. The smallest absolute Gasteiger partial charge is 0.258 e. The van der Waals surface area contributed by atoms with Crippen molar-refractivity contribution in [2.24, 2.45) is 0 Å². The molecule has 3 N–H and O–H groups in total. The molecule has 0 saturated carbocycles. The van der Waals surface area contributed by atoms with E-state index in [2.05, 4.69) is 31.9 Å². The number of nitrogens with one attached hydrogen (secondary N) is 3. The molecule has 0 radical (unpaired) electrons. The predicted molar refractivity (Wildman–Crippen MR) is 124 cm³/mol. The molecule has 0 aromatic heterocycles. The third-order valence-corrected chi connectivity index (χ3v) is 6.07. The van der Waals surface area contributed by atoms with Crippen molar-refractivity contribution in [1.29, 1.82) is 0 Å². The molecular formula is C22H20BrCl2N3O2. The van der Waals surface area contributed by atoms with E-state index in [0.29, 0.717) is 38.0 Å². The maximum Gasteiger partial charge on any atom is 0.258 e. The Balaban J connectivity index is 1.79. The summed E-state index contributed by atoms with van der Waals surface area (Å²) in [6.07, 6.45) is 0. The molecule has 0 unspecified atom stereocenters. The molecule has 3 rings (SSSR count). The van der Waals surface area contributed by atoms with Gasteiger partial charge in [0.1, 0.15) is 5.82 Å². The molecule has 2 aromatic rings. The fourth-order valence-corrected chi connectivity index (χ4v) is 4.13. The van der Waals surface area contributed by atoms with Crippen LogP contribution in [0.2, 0.25) is 10.0 Å². The van der Waals surface area contributed by atoms with Crippen molar-refractivity contribution in [2.45, 2.75) is 19.9 Å². The first-order valence-electron chi connectivity index (χ1n) is 9.24. The van der Waals surface area contributed by atoms with Gasteiger partial charge in [-0.3, -0.25) is 9.59 Å². The highest BCUT2D eigenvalue weighted by molar-refractivity contribution is 9.12. The van der Waals surface area contributed by atoms with Crippen LogP contribution in [-0.4, -0.2) is 18.4 Å². The van der Waals surface area contributed by atoms with Crippen LogP contribution in [0.15, 0.2) is 70.0 Å². The second kappa shape index (κ2) is 9.69. The third kappa shape index (κ3) is 5.06. The van der Waals surface area contributed by atoms with Gasteiger partial charge in [0.25, 0.3) is 11.8 Å². The lowest BCUT2D eigenvalue weighted by Gasteiger charge is -2.24. The second-order valence-electron chi connectivity index (χ2n) is 6.88. The summed E-state index contributed by atoms with van der Waals surface area (Å²) in [5.41, 5.74) is 2.61. The third-order valence-electron chi connectivity index (χ3n) is 4.70. The summed E-state index contributed by atoms with van der Waals surface area (Å²) in [6.45, 7) is 4.18. The Labute approximate surface area is 193 Å². The van der Waals surface area contributed by atoms with Crippen LogP contribution in [0, 0.1) is 0 Å².